The van der Waals surface area contributed by atoms with E-state index in [1.165, 1.54) is 12.1 Å². The van der Waals surface area contributed by atoms with Crippen LogP contribution >= 0.6 is 11.6 Å². The van der Waals surface area contributed by atoms with Crippen molar-refractivity contribution in [2.24, 2.45) is 5.41 Å². The fourth-order valence-electron chi connectivity index (χ4n) is 1.38. The van der Waals surface area contributed by atoms with Gasteiger partial charge in [-0.05, 0) is 0 Å². The molecule has 4 heteroatoms. The largest absolute Gasteiger partial charge is 0.508 e. The van der Waals surface area contributed by atoms with Gasteiger partial charge in [-0.15, -0.1) is 0 Å². The van der Waals surface area contributed by atoms with E-state index >= 15 is 0 Å². The summed E-state index contributed by atoms with van der Waals surface area (Å²) in [5.74, 6) is 1.10. The number of rotatable bonds is 0. The van der Waals surface area contributed by atoms with Crippen LogP contribution in [0.1, 0.15) is 13.8 Å². The Morgan fingerprint density at radius 1 is 1.27 bits per heavy atom. The average Bonchev–Trinajstić information content (AvgIpc) is 2.26. The Balaban J connectivity index is 2.39. The van der Waals surface area contributed by atoms with Gasteiger partial charge in [0.05, 0.1) is 18.2 Å². The van der Waals surface area contributed by atoms with Crippen LogP contribution in [0.4, 0.5) is 0 Å². The summed E-state index contributed by atoms with van der Waals surface area (Å²) in [7, 11) is 0. The number of hydrogen-bond donors (Lipinski definition) is 1. The topological polar surface area (TPSA) is 38.7 Å². The Morgan fingerprint density at radius 3 is 2.67 bits per heavy atom. The highest BCUT2D eigenvalue weighted by Gasteiger charge is 2.26. The molecule has 0 radical (unpaired) electrons. The van der Waals surface area contributed by atoms with Gasteiger partial charge < -0.3 is 14.6 Å². The summed E-state index contributed by atoms with van der Waals surface area (Å²) in [6.07, 6.45) is 0. The van der Waals surface area contributed by atoms with Crippen molar-refractivity contribution in [1.29, 1.82) is 0 Å². The average molecular weight is 229 g/mol. The van der Waals surface area contributed by atoms with Crippen LogP contribution < -0.4 is 9.47 Å². The quantitative estimate of drug-likeness (QED) is 0.742. The van der Waals surface area contributed by atoms with Gasteiger partial charge in [-0.25, -0.2) is 0 Å². The summed E-state index contributed by atoms with van der Waals surface area (Å²) < 4.78 is 11.1. The van der Waals surface area contributed by atoms with Crippen molar-refractivity contribution in [2.45, 2.75) is 13.8 Å². The zero-order valence-corrected chi connectivity index (χ0v) is 9.47. The highest BCUT2D eigenvalue weighted by atomic mass is 35.5. The van der Waals surface area contributed by atoms with Crippen molar-refractivity contribution in [2.75, 3.05) is 13.2 Å². The first-order chi connectivity index (χ1) is 6.98. The van der Waals surface area contributed by atoms with E-state index in [0.29, 0.717) is 29.7 Å². The van der Waals surface area contributed by atoms with Crippen LogP contribution in [0.25, 0.3) is 0 Å². The lowest BCUT2D eigenvalue weighted by atomic mass is 9.97. The Labute approximate surface area is 93.6 Å². The van der Waals surface area contributed by atoms with Crippen LogP contribution in [0.15, 0.2) is 12.1 Å². The van der Waals surface area contributed by atoms with Gasteiger partial charge in [-0.3, -0.25) is 0 Å². The van der Waals surface area contributed by atoms with Gasteiger partial charge in [0.25, 0.3) is 0 Å². The van der Waals surface area contributed by atoms with Crippen LogP contribution in [0.2, 0.25) is 5.02 Å². The molecule has 1 heterocycles. The number of ether oxygens (including phenoxy) is 2. The summed E-state index contributed by atoms with van der Waals surface area (Å²) in [5.41, 5.74) is -0.0576. The molecule has 0 spiro atoms. The second kappa shape index (κ2) is 3.49. The predicted octanol–water partition coefficient (Wildman–Crippen LogP) is 2.84. The van der Waals surface area contributed by atoms with E-state index in [9.17, 15) is 5.11 Å². The van der Waals surface area contributed by atoms with Crippen LogP contribution in [0.3, 0.4) is 0 Å². The summed E-state index contributed by atoms with van der Waals surface area (Å²) in [5, 5.41) is 9.75. The van der Waals surface area contributed by atoms with Gasteiger partial charge in [0, 0.05) is 17.5 Å². The summed E-state index contributed by atoms with van der Waals surface area (Å²) >= 11 is 5.95. The molecule has 3 nitrogen and oxygen atoms in total. The molecule has 82 valence electrons. The van der Waals surface area contributed by atoms with Gasteiger partial charge >= 0.3 is 0 Å². The van der Waals surface area contributed by atoms with Crippen molar-refractivity contribution in [3.63, 3.8) is 0 Å². The molecule has 0 amide bonds. The van der Waals surface area contributed by atoms with Crippen LogP contribution in [0, 0.1) is 5.41 Å². The van der Waals surface area contributed by atoms with E-state index in [-0.39, 0.29) is 11.2 Å². The summed E-state index contributed by atoms with van der Waals surface area (Å²) in [4.78, 5) is 0. The Kier molecular flexibility index (Phi) is 2.43. The fraction of sp³-hybridized carbons (Fsp3) is 0.455. The monoisotopic (exact) mass is 228 g/mol. The number of aromatic hydroxyl groups is 1. The molecule has 2 rings (SSSR count). The Bertz CT molecular complexity index is 388. The second-order valence-electron chi connectivity index (χ2n) is 4.50. The van der Waals surface area contributed by atoms with E-state index in [2.05, 4.69) is 0 Å². The van der Waals surface area contributed by atoms with E-state index in [1.807, 2.05) is 13.8 Å². The first kappa shape index (κ1) is 10.4. The standard InChI is InChI=1S/C11H13ClO3/c1-11(2)5-14-9-4-7(13)3-8(12)10(9)15-6-11/h3-4,13H,5-6H2,1-2H3. The van der Waals surface area contributed by atoms with Crippen LogP contribution in [0.5, 0.6) is 17.2 Å². The number of fused-ring (bicyclic) bond motifs is 1. The number of phenols is 1. The minimum absolute atomic E-state index is 0.0576. The van der Waals surface area contributed by atoms with Gasteiger partial charge in [0.2, 0.25) is 0 Å². The maximum atomic E-state index is 9.37. The van der Waals surface area contributed by atoms with Crippen LogP contribution in [-0.4, -0.2) is 18.3 Å². The molecular formula is C11H13ClO3. The molecule has 0 bridgehead atoms. The SMILES string of the molecule is CC1(C)COc2cc(O)cc(Cl)c2OC1. The predicted molar refractivity (Wildman–Crippen MR) is 57.9 cm³/mol. The smallest absolute Gasteiger partial charge is 0.180 e. The first-order valence-corrected chi connectivity index (χ1v) is 5.14. The zero-order chi connectivity index (χ0) is 11.1. The third-order valence-corrected chi connectivity index (χ3v) is 2.50. The van der Waals surface area contributed by atoms with E-state index in [4.69, 9.17) is 21.1 Å². The van der Waals surface area contributed by atoms with Gasteiger partial charge in [-0.1, -0.05) is 25.4 Å². The van der Waals surface area contributed by atoms with Crippen molar-refractivity contribution in [3.05, 3.63) is 17.2 Å². The molecular weight excluding hydrogens is 216 g/mol. The molecule has 0 aromatic heterocycles. The fourth-order valence-corrected chi connectivity index (χ4v) is 1.64. The molecule has 1 aromatic rings. The minimum atomic E-state index is -0.0576. The highest BCUT2D eigenvalue weighted by Crippen LogP contribution is 2.41. The van der Waals surface area contributed by atoms with Gasteiger partial charge in [-0.2, -0.15) is 0 Å². The molecule has 15 heavy (non-hydrogen) atoms. The minimum Gasteiger partial charge on any atom is -0.508 e. The third kappa shape index (κ3) is 2.12. The molecule has 0 aliphatic carbocycles. The van der Waals surface area contributed by atoms with E-state index < -0.39 is 0 Å². The summed E-state index contributed by atoms with van der Waals surface area (Å²) in [6, 6.07) is 2.96. The first-order valence-electron chi connectivity index (χ1n) is 4.76. The molecule has 1 aliphatic rings. The maximum Gasteiger partial charge on any atom is 0.180 e. The molecule has 0 saturated carbocycles. The number of phenolic OH excluding ortho intramolecular Hbond substituents is 1. The van der Waals surface area contributed by atoms with Gasteiger partial charge in [0.15, 0.2) is 11.5 Å². The van der Waals surface area contributed by atoms with Crippen molar-refractivity contribution < 1.29 is 14.6 Å². The molecule has 1 aromatic carbocycles. The lowest BCUT2D eigenvalue weighted by Gasteiger charge is -2.19. The molecule has 0 unspecified atom stereocenters. The Morgan fingerprint density at radius 2 is 1.93 bits per heavy atom. The van der Waals surface area contributed by atoms with Crippen LogP contribution in [-0.2, 0) is 0 Å². The lowest BCUT2D eigenvalue weighted by Crippen LogP contribution is -2.26. The second-order valence-corrected chi connectivity index (χ2v) is 4.90. The number of halogens is 1. The van der Waals surface area contributed by atoms with E-state index in [1.54, 1.807) is 0 Å². The van der Waals surface area contributed by atoms with Crippen molar-refractivity contribution in [3.8, 4) is 17.2 Å². The number of benzene rings is 1. The third-order valence-electron chi connectivity index (χ3n) is 2.22. The molecule has 1 N–H and O–H groups in total. The lowest BCUT2D eigenvalue weighted by molar-refractivity contribution is 0.140. The zero-order valence-electron chi connectivity index (χ0n) is 8.71. The van der Waals surface area contributed by atoms with E-state index in [0.717, 1.165) is 0 Å². The molecule has 0 atom stereocenters. The van der Waals surface area contributed by atoms with Crippen molar-refractivity contribution in [1.82, 2.24) is 0 Å². The summed E-state index contributed by atoms with van der Waals surface area (Å²) in [6.45, 7) is 5.18. The van der Waals surface area contributed by atoms with Crippen molar-refractivity contribution >= 4 is 11.6 Å². The molecule has 0 saturated heterocycles. The maximum absolute atomic E-state index is 9.37. The highest BCUT2D eigenvalue weighted by molar-refractivity contribution is 6.32. The normalized spacial score (nSPS) is 18.3. The number of hydrogen-bond acceptors (Lipinski definition) is 3. The molecule has 1 aliphatic heterocycles. The van der Waals surface area contributed by atoms with Gasteiger partial charge in [0.1, 0.15) is 5.75 Å². The Hall–Kier alpha value is -1.09. The molecule has 0 fully saturated rings.